The minimum atomic E-state index is -0.970. The number of benzene rings is 2. The van der Waals surface area contributed by atoms with Crippen molar-refractivity contribution in [2.75, 3.05) is 23.3 Å². The maximum atomic E-state index is 11.7. The molecule has 0 amide bonds. The highest BCUT2D eigenvalue weighted by Gasteiger charge is 2.58. The lowest BCUT2D eigenvalue weighted by Gasteiger charge is -2.56. The van der Waals surface area contributed by atoms with Crippen LogP contribution >= 0.6 is 0 Å². The monoisotopic (exact) mass is 453 g/mol. The summed E-state index contributed by atoms with van der Waals surface area (Å²) in [5, 5.41) is 22.8. The SMILES string of the molecule is Cc1cc([C@@H](C)Nc2ccccc2C(=O)O)c2nc(N3CC4C5CCC5C4C3)c(C#N)nc2c1. The number of anilines is 2. The van der Waals surface area contributed by atoms with Crippen molar-refractivity contribution in [2.45, 2.75) is 32.7 Å². The number of aromatic nitrogens is 2. The van der Waals surface area contributed by atoms with Crippen molar-refractivity contribution < 1.29 is 9.90 Å². The van der Waals surface area contributed by atoms with Crippen LogP contribution in [0.15, 0.2) is 36.4 Å². The Morgan fingerprint density at radius 2 is 1.85 bits per heavy atom. The van der Waals surface area contributed by atoms with Gasteiger partial charge in [0.25, 0.3) is 0 Å². The average molecular weight is 454 g/mol. The summed E-state index contributed by atoms with van der Waals surface area (Å²) in [6, 6.07) is 13.0. The third-order valence-corrected chi connectivity index (χ3v) is 8.22. The van der Waals surface area contributed by atoms with Gasteiger partial charge in [-0.25, -0.2) is 14.8 Å². The molecule has 34 heavy (non-hydrogen) atoms. The topological polar surface area (TPSA) is 102 Å². The molecule has 7 heteroatoms. The summed E-state index contributed by atoms with van der Waals surface area (Å²) in [5.74, 6) is 2.91. The zero-order chi connectivity index (χ0) is 23.6. The van der Waals surface area contributed by atoms with Gasteiger partial charge in [-0.15, -0.1) is 0 Å². The van der Waals surface area contributed by atoms with Crippen molar-refractivity contribution >= 4 is 28.5 Å². The van der Waals surface area contributed by atoms with Crippen molar-refractivity contribution in [3.05, 3.63) is 58.8 Å². The van der Waals surface area contributed by atoms with Crippen LogP contribution in [-0.4, -0.2) is 34.1 Å². The molecule has 3 aliphatic rings. The molecule has 2 heterocycles. The number of aryl methyl sites for hydroxylation is 1. The lowest BCUT2D eigenvalue weighted by atomic mass is 9.48. The molecule has 2 saturated carbocycles. The van der Waals surface area contributed by atoms with Gasteiger partial charge in [-0.3, -0.25) is 0 Å². The number of rotatable bonds is 5. The first kappa shape index (κ1) is 20.9. The predicted molar refractivity (Wildman–Crippen MR) is 130 cm³/mol. The van der Waals surface area contributed by atoms with Crippen LogP contribution in [0.3, 0.4) is 0 Å². The standard InChI is InChI=1S/C27H27N5O2/c1-14-9-19(15(2)29-22-6-4-3-5-18(22)27(33)34)25-23(10-14)30-24(11-28)26(31-25)32-12-20-16-7-8-17(16)21(20)13-32/h3-6,9-10,15-17,20-21,29H,7-8,12-13H2,1-2H3,(H,33,34)/t15-,16?,17?,20?,21?/m1/s1. The lowest BCUT2D eigenvalue weighted by Crippen LogP contribution is -2.52. The van der Waals surface area contributed by atoms with Crippen LogP contribution in [0, 0.1) is 41.9 Å². The minimum absolute atomic E-state index is 0.205. The van der Waals surface area contributed by atoms with Crippen LogP contribution in [-0.2, 0) is 0 Å². The van der Waals surface area contributed by atoms with Crippen molar-refractivity contribution in [1.82, 2.24) is 9.97 Å². The first-order valence-corrected chi connectivity index (χ1v) is 12.0. The number of fused-ring (bicyclic) bond motifs is 5. The first-order chi connectivity index (χ1) is 16.4. The third kappa shape index (κ3) is 3.12. The number of carboxylic acids is 1. The van der Waals surface area contributed by atoms with E-state index in [0.29, 0.717) is 22.7 Å². The van der Waals surface area contributed by atoms with Gasteiger partial charge >= 0.3 is 5.97 Å². The molecule has 6 rings (SSSR count). The van der Waals surface area contributed by atoms with E-state index >= 15 is 0 Å². The number of nitrogens with zero attached hydrogens (tertiary/aromatic N) is 4. The fraction of sp³-hybridized carbons (Fsp3) is 0.407. The number of para-hydroxylation sites is 1. The van der Waals surface area contributed by atoms with Crippen molar-refractivity contribution in [3.63, 3.8) is 0 Å². The average Bonchev–Trinajstić information content (AvgIpc) is 3.16. The predicted octanol–water partition coefficient (Wildman–Crippen LogP) is 4.77. The van der Waals surface area contributed by atoms with Gasteiger partial charge in [0.15, 0.2) is 11.5 Å². The molecule has 1 aliphatic heterocycles. The van der Waals surface area contributed by atoms with E-state index < -0.39 is 5.97 Å². The van der Waals surface area contributed by atoms with Crippen molar-refractivity contribution in [3.8, 4) is 6.07 Å². The number of carboxylic acid groups (broad SMARTS) is 1. The Hall–Kier alpha value is -3.66. The maximum Gasteiger partial charge on any atom is 0.337 e. The molecule has 0 bridgehead atoms. The molecule has 5 atom stereocenters. The maximum absolute atomic E-state index is 11.7. The van der Waals surface area contributed by atoms with E-state index in [4.69, 9.17) is 9.97 Å². The van der Waals surface area contributed by atoms with Gasteiger partial charge in [0.05, 0.1) is 22.6 Å². The lowest BCUT2D eigenvalue weighted by molar-refractivity contribution is -0.0699. The summed E-state index contributed by atoms with van der Waals surface area (Å²) in [6.45, 7) is 5.92. The van der Waals surface area contributed by atoms with Crippen molar-refractivity contribution in [2.24, 2.45) is 23.7 Å². The van der Waals surface area contributed by atoms with E-state index in [9.17, 15) is 15.2 Å². The summed E-state index contributed by atoms with van der Waals surface area (Å²) < 4.78 is 0. The van der Waals surface area contributed by atoms with E-state index in [1.54, 1.807) is 18.2 Å². The van der Waals surface area contributed by atoms with E-state index in [2.05, 4.69) is 22.4 Å². The second-order valence-electron chi connectivity index (χ2n) is 10.1. The van der Waals surface area contributed by atoms with Crippen LogP contribution in [0.4, 0.5) is 11.5 Å². The van der Waals surface area contributed by atoms with Crippen LogP contribution < -0.4 is 10.2 Å². The smallest absolute Gasteiger partial charge is 0.337 e. The Morgan fingerprint density at radius 3 is 2.50 bits per heavy atom. The highest BCUT2D eigenvalue weighted by atomic mass is 16.4. The Bertz CT molecular complexity index is 1350. The second kappa shape index (κ2) is 7.69. The van der Waals surface area contributed by atoms with Crippen LogP contribution in [0.25, 0.3) is 11.0 Å². The highest BCUT2D eigenvalue weighted by Crippen LogP contribution is 2.61. The molecule has 172 valence electrons. The van der Waals surface area contributed by atoms with Crippen molar-refractivity contribution in [1.29, 1.82) is 5.26 Å². The quantitative estimate of drug-likeness (QED) is 0.573. The minimum Gasteiger partial charge on any atom is -0.478 e. The molecule has 2 N–H and O–H groups in total. The molecule has 2 aliphatic carbocycles. The fourth-order valence-corrected chi connectivity index (χ4v) is 6.46. The first-order valence-electron chi connectivity index (χ1n) is 12.0. The molecule has 1 saturated heterocycles. The van der Waals surface area contributed by atoms with E-state index in [0.717, 1.165) is 53.4 Å². The normalized spacial score (nSPS) is 25.5. The molecule has 1 aromatic heterocycles. The summed E-state index contributed by atoms with van der Waals surface area (Å²) in [4.78, 5) is 23.7. The molecule has 4 unspecified atom stereocenters. The third-order valence-electron chi connectivity index (χ3n) is 8.22. The molecular weight excluding hydrogens is 426 g/mol. The van der Waals surface area contributed by atoms with Gasteiger partial charge in [0.1, 0.15) is 6.07 Å². The molecule has 3 fully saturated rings. The Labute approximate surface area is 198 Å². The van der Waals surface area contributed by atoms with Gasteiger partial charge in [0, 0.05) is 24.3 Å². The fourth-order valence-electron chi connectivity index (χ4n) is 6.46. The summed E-state index contributed by atoms with van der Waals surface area (Å²) in [7, 11) is 0. The number of nitrogens with one attached hydrogen (secondary N) is 1. The van der Waals surface area contributed by atoms with Crippen LogP contribution in [0.1, 0.15) is 53.0 Å². The highest BCUT2D eigenvalue weighted by molar-refractivity contribution is 5.94. The number of aromatic carboxylic acids is 1. The Kier molecular flexibility index (Phi) is 4.73. The number of nitriles is 1. The van der Waals surface area contributed by atoms with E-state index in [1.807, 2.05) is 26.0 Å². The molecule has 0 spiro atoms. The largest absolute Gasteiger partial charge is 0.478 e. The Balaban J connectivity index is 1.39. The molecule has 7 nitrogen and oxygen atoms in total. The number of hydrogen-bond acceptors (Lipinski definition) is 6. The van der Waals surface area contributed by atoms with Gasteiger partial charge < -0.3 is 15.3 Å². The zero-order valence-corrected chi connectivity index (χ0v) is 19.3. The molecule has 2 aromatic carbocycles. The number of hydrogen-bond donors (Lipinski definition) is 2. The zero-order valence-electron chi connectivity index (χ0n) is 19.3. The molecular formula is C27H27N5O2. The van der Waals surface area contributed by atoms with Gasteiger partial charge in [0.2, 0.25) is 0 Å². The molecule has 3 aromatic rings. The van der Waals surface area contributed by atoms with E-state index in [-0.39, 0.29) is 11.6 Å². The van der Waals surface area contributed by atoms with Gasteiger partial charge in [-0.05, 0) is 74.1 Å². The summed E-state index contributed by atoms with van der Waals surface area (Å²) in [5.41, 5.74) is 4.58. The van der Waals surface area contributed by atoms with Gasteiger partial charge in [-0.1, -0.05) is 18.2 Å². The summed E-state index contributed by atoms with van der Waals surface area (Å²) >= 11 is 0. The van der Waals surface area contributed by atoms with Crippen LogP contribution in [0.5, 0.6) is 0 Å². The molecule has 0 radical (unpaired) electrons. The van der Waals surface area contributed by atoms with E-state index in [1.165, 1.54) is 12.8 Å². The Morgan fingerprint density at radius 1 is 1.15 bits per heavy atom. The summed E-state index contributed by atoms with van der Waals surface area (Å²) in [6.07, 6.45) is 2.69. The van der Waals surface area contributed by atoms with Gasteiger partial charge in [-0.2, -0.15) is 5.26 Å². The van der Waals surface area contributed by atoms with Crippen LogP contribution in [0.2, 0.25) is 0 Å². The number of carbonyl (C=O) groups is 1. The second-order valence-corrected chi connectivity index (χ2v) is 10.1.